The molecular weight excluding hydrogens is 211 g/mol. The van der Waals surface area contributed by atoms with Crippen LogP contribution in [0.25, 0.3) is 0 Å². The van der Waals surface area contributed by atoms with E-state index in [-0.39, 0.29) is 5.92 Å². The molecule has 1 aromatic carbocycles. The fourth-order valence-electron chi connectivity index (χ4n) is 1.13. The number of hydrogen-bond donors (Lipinski definition) is 2. The molecule has 1 amide bonds. The number of nitrogens with one attached hydrogen (secondary N) is 1. The Morgan fingerprint density at radius 3 is 2.88 bits per heavy atom. The molecule has 0 saturated carbocycles. The summed E-state index contributed by atoms with van der Waals surface area (Å²) in [5.41, 5.74) is 5.40. The molecule has 0 radical (unpaired) electrons. The highest BCUT2D eigenvalue weighted by molar-refractivity contribution is 5.76. The average molecular weight is 226 g/mol. The Kier molecular flexibility index (Phi) is 4.10. The van der Waals surface area contributed by atoms with E-state index in [1.165, 1.54) is 25.3 Å². The minimum atomic E-state index is -0.421. The lowest BCUT2D eigenvalue weighted by Crippen LogP contribution is -2.26. The zero-order valence-corrected chi connectivity index (χ0v) is 9.29. The van der Waals surface area contributed by atoms with Crippen LogP contribution in [0.5, 0.6) is 5.75 Å². The van der Waals surface area contributed by atoms with Crippen LogP contribution >= 0.6 is 0 Å². The summed E-state index contributed by atoms with van der Waals surface area (Å²) >= 11 is 0. The summed E-state index contributed by atoms with van der Waals surface area (Å²) in [5.74, 6) is -0.616. The van der Waals surface area contributed by atoms with E-state index in [0.717, 1.165) is 0 Å². The Balaban J connectivity index is 2.69. The number of ether oxygens (including phenoxy) is 1. The first kappa shape index (κ1) is 12.3. The highest BCUT2D eigenvalue weighted by Crippen LogP contribution is 2.21. The quantitative estimate of drug-likeness (QED) is 0.797. The predicted molar refractivity (Wildman–Crippen MR) is 59.8 cm³/mol. The van der Waals surface area contributed by atoms with Gasteiger partial charge < -0.3 is 15.8 Å². The van der Waals surface area contributed by atoms with Crippen LogP contribution in [0.4, 0.5) is 10.1 Å². The summed E-state index contributed by atoms with van der Waals surface area (Å²) in [4.78, 5) is 10.8. The first-order chi connectivity index (χ1) is 7.54. The lowest BCUT2D eigenvalue weighted by Gasteiger charge is -2.12. The highest BCUT2D eigenvalue weighted by atomic mass is 19.1. The number of rotatable bonds is 5. The maximum atomic E-state index is 13.3. The molecule has 88 valence electrons. The number of nitrogens with two attached hydrogens (primary N) is 1. The molecule has 3 N–H and O–H groups in total. The fraction of sp³-hybridized carbons (Fsp3) is 0.364. The molecule has 0 aliphatic carbocycles. The van der Waals surface area contributed by atoms with Gasteiger partial charge in [0.2, 0.25) is 5.91 Å². The van der Waals surface area contributed by atoms with Crippen LogP contribution in [0.15, 0.2) is 18.2 Å². The van der Waals surface area contributed by atoms with Crippen LogP contribution in [0.3, 0.4) is 0 Å². The predicted octanol–water partition coefficient (Wildman–Crippen LogP) is 1.37. The van der Waals surface area contributed by atoms with Gasteiger partial charge in [-0.1, -0.05) is 6.92 Å². The van der Waals surface area contributed by atoms with Crippen LogP contribution in [-0.4, -0.2) is 19.6 Å². The molecule has 0 spiro atoms. The van der Waals surface area contributed by atoms with Crippen molar-refractivity contribution in [2.45, 2.75) is 6.92 Å². The first-order valence-electron chi connectivity index (χ1n) is 4.91. The van der Waals surface area contributed by atoms with Crippen LogP contribution in [0.1, 0.15) is 6.92 Å². The molecule has 16 heavy (non-hydrogen) atoms. The topological polar surface area (TPSA) is 64.3 Å². The van der Waals surface area contributed by atoms with Crippen molar-refractivity contribution in [3.05, 3.63) is 24.0 Å². The summed E-state index contributed by atoms with van der Waals surface area (Å²) < 4.78 is 18.3. The molecule has 0 aromatic heterocycles. The van der Waals surface area contributed by atoms with Gasteiger partial charge >= 0.3 is 0 Å². The summed E-state index contributed by atoms with van der Waals surface area (Å²) in [7, 11) is 1.50. The third-order valence-electron chi connectivity index (χ3n) is 2.26. The van der Waals surface area contributed by atoms with Gasteiger partial charge in [-0.25, -0.2) is 4.39 Å². The second kappa shape index (κ2) is 5.34. The smallest absolute Gasteiger partial charge is 0.222 e. The molecule has 0 aliphatic heterocycles. The molecule has 0 heterocycles. The number of anilines is 1. The zero-order valence-electron chi connectivity index (χ0n) is 9.29. The van der Waals surface area contributed by atoms with Gasteiger partial charge in [0.05, 0.1) is 18.7 Å². The van der Waals surface area contributed by atoms with Gasteiger partial charge in [0, 0.05) is 12.6 Å². The molecule has 1 atom stereocenters. The van der Waals surface area contributed by atoms with Gasteiger partial charge in [-0.05, 0) is 12.1 Å². The molecule has 1 unspecified atom stereocenters. The van der Waals surface area contributed by atoms with Crippen molar-refractivity contribution >= 4 is 11.6 Å². The molecule has 1 rings (SSSR count). The van der Waals surface area contributed by atoms with Gasteiger partial charge in [0.1, 0.15) is 11.6 Å². The largest absolute Gasteiger partial charge is 0.497 e. The van der Waals surface area contributed by atoms with Gasteiger partial charge in [-0.15, -0.1) is 0 Å². The first-order valence-corrected chi connectivity index (χ1v) is 4.91. The van der Waals surface area contributed by atoms with E-state index in [2.05, 4.69) is 5.32 Å². The van der Waals surface area contributed by atoms with E-state index in [4.69, 9.17) is 10.5 Å². The highest BCUT2D eigenvalue weighted by Gasteiger charge is 2.10. The minimum Gasteiger partial charge on any atom is -0.497 e. The molecule has 5 heteroatoms. The second-order valence-electron chi connectivity index (χ2n) is 3.53. The van der Waals surface area contributed by atoms with Crippen LogP contribution in [0, 0.1) is 11.7 Å². The summed E-state index contributed by atoms with van der Waals surface area (Å²) in [5, 5.41) is 2.81. The maximum Gasteiger partial charge on any atom is 0.222 e. The van der Waals surface area contributed by atoms with Gasteiger partial charge in [-0.3, -0.25) is 4.79 Å². The molecule has 0 bridgehead atoms. The van der Waals surface area contributed by atoms with Crippen LogP contribution < -0.4 is 15.8 Å². The number of methoxy groups -OCH3 is 1. The number of primary amides is 1. The number of carbonyl (C=O) groups is 1. The number of amides is 1. The van der Waals surface area contributed by atoms with Gasteiger partial charge in [0.15, 0.2) is 0 Å². The van der Waals surface area contributed by atoms with Gasteiger partial charge in [0.25, 0.3) is 0 Å². The average Bonchev–Trinajstić information content (AvgIpc) is 2.27. The molecule has 0 aliphatic rings. The standard InChI is InChI=1S/C11H15FN2O2/c1-7(11(13)15)6-14-10-5-8(16-2)3-4-9(10)12/h3-5,7,14H,6H2,1-2H3,(H2,13,15). The third-order valence-corrected chi connectivity index (χ3v) is 2.26. The molecule has 0 saturated heterocycles. The normalized spacial score (nSPS) is 11.9. The van der Waals surface area contributed by atoms with E-state index in [1.54, 1.807) is 6.92 Å². The number of carbonyl (C=O) groups excluding carboxylic acids is 1. The Morgan fingerprint density at radius 1 is 1.62 bits per heavy atom. The molecule has 0 fully saturated rings. The van der Waals surface area contributed by atoms with Crippen molar-refractivity contribution < 1.29 is 13.9 Å². The Hall–Kier alpha value is -1.78. The molecule has 1 aromatic rings. The number of halogens is 1. The molecule has 4 nitrogen and oxygen atoms in total. The lowest BCUT2D eigenvalue weighted by atomic mass is 10.1. The Morgan fingerprint density at radius 2 is 2.31 bits per heavy atom. The van der Waals surface area contributed by atoms with E-state index >= 15 is 0 Å². The fourth-order valence-corrected chi connectivity index (χ4v) is 1.13. The van der Waals surface area contributed by atoms with Crippen LogP contribution in [0.2, 0.25) is 0 Å². The second-order valence-corrected chi connectivity index (χ2v) is 3.53. The maximum absolute atomic E-state index is 13.3. The Bertz CT molecular complexity index is 382. The van der Waals surface area contributed by atoms with Crippen molar-refractivity contribution in [3.8, 4) is 5.75 Å². The van der Waals surface area contributed by atoms with Crippen molar-refractivity contribution in [3.63, 3.8) is 0 Å². The van der Waals surface area contributed by atoms with Crippen molar-refractivity contribution in [2.75, 3.05) is 19.0 Å². The third kappa shape index (κ3) is 3.12. The SMILES string of the molecule is COc1ccc(F)c(NCC(C)C(N)=O)c1. The van der Waals surface area contributed by atoms with Crippen molar-refractivity contribution in [1.29, 1.82) is 0 Å². The van der Waals surface area contributed by atoms with Crippen molar-refractivity contribution in [1.82, 2.24) is 0 Å². The van der Waals surface area contributed by atoms with Crippen molar-refractivity contribution in [2.24, 2.45) is 11.7 Å². The monoisotopic (exact) mass is 226 g/mol. The van der Waals surface area contributed by atoms with E-state index in [9.17, 15) is 9.18 Å². The lowest BCUT2D eigenvalue weighted by molar-refractivity contribution is -0.120. The minimum absolute atomic E-state index is 0.291. The van der Waals surface area contributed by atoms with Crippen LogP contribution in [-0.2, 0) is 4.79 Å². The zero-order chi connectivity index (χ0) is 12.1. The van der Waals surface area contributed by atoms with E-state index in [1.807, 2.05) is 0 Å². The molecular formula is C11H15FN2O2. The number of hydrogen-bond acceptors (Lipinski definition) is 3. The Labute approximate surface area is 93.6 Å². The van der Waals surface area contributed by atoms with E-state index < -0.39 is 11.7 Å². The van der Waals surface area contributed by atoms with E-state index in [0.29, 0.717) is 18.0 Å². The number of benzene rings is 1. The summed E-state index contributed by atoms with van der Waals surface area (Å²) in [6.07, 6.45) is 0. The summed E-state index contributed by atoms with van der Waals surface area (Å²) in [6.45, 7) is 1.97. The summed E-state index contributed by atoms with van der Waals surface area (Å²) in [6, 6.07) is 4.36. The van der Waals surface area contributed by atoms with Gasteiger partial charge in [-0.2, -0.15) is 0 Å².